The molecule has 0 saturated carbocycles. The first-order valence-electron chi connectivity index (χ1n) is 25.3. The summed E-state index contributed by atoms with van der Waals surface area (Å²) in [5.41, 5.74) is 0. The summed E-state index contributed by atoms with van der Waals surface area (Å²) < 4.78 is 23.6. The van der Waals surface area contributed by atoms with E-state index < -0.39 is 20.0 Å². The van der Waals surface area contributed by atoms with Gasteiger partial charge < -0.3 is 19.8 Å². The Morgan fingerprint density at radius 3 is 1.48 bits per heavy atom. The van der Waals surface area contributed by atoms with Crippen LogP contribution < -0.4 is 5.32 Å². The summed E-state index contributed by atoms with van der Waals surface area (Å²) in [6.07, 6.45) is 59.8. The number of aliphatic hydroxyl groups is 1. The normalized spacial score (nSPS) is 14.8. The monoisotopic (exact) mass is 890 g/mol. The molecule has 0 radical (unpaired) electrons. The maximum absolute atomic E-state index is 12.9. The van der Waals surface area contributed by atoms with Crippen LogP contribution in [0.4, 0.5) is 0 Å². The van der Waals surface area contributed by atoms with Gasteiger partial charge in [0.1, 0.15) is 13.2 Å². The Hall–Kier alpha value is -2.06. The molecule has 0 aromatic rings. The van der Waals surface area contributed by atoms with Crippen molar-refractivity contribution < 1.29 is 32.9 Å². The highest BCUT2D eigenvalue weighted by molar-refractivity contribution is 7.47. The molecule has 3 atom stereocenters. The molecule has 0 bridgehead atoms. The largest absolute Gasteiger partial charge is 0.472 e. The van der Waals surface area contributed by atoms with Gasteiger partial charge in [-0.25, -0.2) is 4.57 Å². The predicted molar refractivity (Wildman–Crippen MR) is 267 cm³/mol. The van der Waals surface area contributed by atoms with Gasteiger partial charge in [-0.2, -0.15) is 0 Å². The smallest absolute Gasteiger partial charge is 0.387 e. The molecule has 0 fully saturated rings. The lowest BCUT2D eigenvalue weighted by atomic mass is 10.0. The molecule has 3 unspecified atom stereocenters. The molecule has 3 N–H and O–H groups in total. The van der Waals surface area contributed by atoms with Crippen LogP contribution in [-0.4, -0.2) is 73.4 Å². The topological polar surface area (TPSA) is 105 Å². The minimum atomic E-state index is -4.36. The van der Waals surface area contributed by atoms with Crippen molar-refractivity contribution >= 4 is 13.7 Å². The van der Waals surface area contributed by atoms with Crippen molar-refractivity contribution in [3.63, 3.8) is 0 Å². The van der Waals surface area contributed by atoms with Crippen LogP contribution in [0, 0.1) is 0 Å². The Balaban J connectivity index is 4.40. The second-order valence-corrected chi connectivity index (χ2v) is 19.6. The number of unbranched alkanes of at least 4 members (excludes halogenated alkanes) is 22. The van der Waals surface area contributed by atoms with Crippen molar-refractivity contribution in [2.75, 3.05) is 40.9 Å². The van der Waals surface area contributed by atoms with Crippen molar-refractivity contribution in [3.05, 3.63) is 72.9 Å². The molecule has 0 spiro atoms. The summed E-state index contributed by atoms with van der Waals surface area (Å²) in [5, 5.41) is 13.9. The quantitative estimate of drug-likeness (QED) is 0.0243. The molecule has 0 saturated heterocycles. The van der Waals surface area contributed by atoms with E-state index in [1.807, 2.05) is 27.2 Å². The van der Waals surface area contributed by atoms with E-state index in [4.69, 9.17) is 9.05 Å². The average Bonchev–Trinajstić information content (AvgIpc) is 3.23. The van der Waals surface area contributed by atoms with Crippen LogP contribution in [0.1, 0.15) is 206 Å². The third-order valence-electron chi connectivity index (χ3n) is 10.9. The molecule has 0 aromatic carbocycles. The molecular formula is C53H98N2O6P+. The number of aliphatic hydroxyl groups excluding tert-OH is 1. The van der Waals surface area contributed by atoms with Gasteiger partial charge in [-0.05, 0) is 70.6 Å². The van der Waals surface area contributed by atoms with Crippen molar-refractivity contribution in [3.8, 4) is 0 Å². The number of quaternary nitrogens is 1. The minimum absolute atomic E-state index is 0.0513. The first-order chi connectivity index (χ1) is 30.0. The summed E-state index contributed by atoms with van der Waals surface area (Å²) in [4.78, 5) is 23.2. The zero-order valence-electron chi connectivity index (χ0n) is 40.8. The number of phosphoric acid groups is 1. The molecule has 62 heavy (non-hydrogen) atoms. The number of nitrogens with zero attached hydrogens (tertiary/aromatic N) is 1. The van der Waals surface area contributed by atoms with Crippen LogP contribution >= 0.6 is 7.82 Å². The SMILES string of the molecule is CC/C=C\C/C=C\C/C=C\C/C=C\CCCCCCCCCCC(=O)NC(COP(=O)(O)OCC[N+](C)(C)C)C(O)/C=C/CC/C=C/CCCCCCCCCCCCCCC. The molecule has 360 valence electrons. The second-order valence-electron chi connectivity index (χ2n) is 18.2. The average molecular weight is 890 g/mol. The number of carbonyl (C=O) groups is 1. The first kappa shape index (κ1) is 59.9. The second kappa shape index (κ2) is 44.2. The van der Waals surface area contributed by atoms with E-state index in [2.05, 4.69) is 79.9 Å². The number of amides is 1. The zero-order valence-corrected chi connectivity index (χ0v) is 41.7. The van der Waals surface area contributed by atoms with Gasteiger partial charge in [-0.15, -0.1) is 0 Å². The summed E-state index contributed by atoms with van der Waals surface area (Å²) in [6, 6.07) is -0.871. The maximum atomic E-state index is 12.9. The Kier molecular flexibility index (Phi) is 42.7. The van der Waals surface area contributed by atoms with Crippen LogP contribution in [0.25, 0.3) is 0 Å². The van der Waals surface area contributed by atoms with Crippen LogP contribution in [-0.2, 0) is 18.4 Å². The molecule has 1 amide bonds. The zero-order chi connectivity index (χ0) is 45.7. The van der Waals surface area contributed by atoms with Crippen LogP contribution in [0.15, 0.2) is 72.9 Å². The van der Waals surface area contributed by atoms with Crippen LogP contribution in [0.3, 0.4) is 0 Å². The van der Waals surface area contributed by atoms with Gasteiger partial charge in [0, 0.05) is 6.42 Å². The summed E-state index contributed by atoms with van der Waals surface area (Å²) >= 11 is 0. The Bertz CT molecular complexity index is 1240. The molecule has 0 rings (SSSR count). The summed E-state index contributed by atoms with van der Waals surface area (Å²) in [6.45, 7) is 4.67. The van der Waals surface area contributed by atoms with Gasteiger partial charge in [0.2, 0.25) is 5.91 Å². The number of hydrogen-bond acceptors (Lipinski definition) is 5. The highest BCUT2D eigenvalue weighted by Crippen LogP contribution is 2.43. The summed E-state index contributed by atoms with van der Waals surface area (Å²) in [5.74, 6) is -0.197. The van der Waals surface area contributed by atoms with Gasteiger partial charge in [-0.1, -0.05) is 202 Å². The van der Waals surface area contributed by atoms with Gasteiger partial charge >= 0.3 is 7.82 Å². The van der Waals surface area contributed by atoms with Gasteiger partial charge in [0.05, 0.1) is 39.9 Å². The number of allylic oxidation sites excluding steroid dienone is 11. The van der Waals surface area contributed by atoms with Crippen LogP contribution in [0.2, 0.25) is 0 Å². The van der Waals surface area contributed by atoms with E-state index >= 15 is 0 Å². The molecule has 0 aliphatic carbocycles. The number of carbonyl (C=O) groups excluding carboxylic acids is 1. The Morgan fingerprint density at radius 2 is 0.984 bits per heavy atom. The van der Waals surface area contributed by atoms with Crippen molar-refractivity contribution in [1.29, 1.82) is 0 Å². The maximum Gasteiger partial charge on any atom is 0.472 e. The molecule has 0 aliphatic rings. The fraction of sp³-hybridized carbons (Fsp3) is 0.755. The molecule has 8 nitrogen and oxygen atoms in total. The van der Waals surface area contributed by atoms with E-state index in [0.29, 0.717) is 17.4 Å². The van der Waals surface area contributed by atoms with E-state index in [0.717, 1.165) is 70.6 Å². The highest BCUT2D eigenvalue weighted by Gasteiger charge is 2.27. The lowest BCUT2D eigenvalue weighted by Gasteiger charge is -2.25. The molecular weight excluding hydrogens is 792 g/mol. The fourth-order valence-electron chi connectivity index (χ4n) is 6.93. The number of rotatable bonds is 45. The number of likely N-dealkylation sites (N-methyl/N-ethyl adjacent to an activating group) is 1. The number of hydrogen-bond donors (Lipinski definition) is 3. The molecule has 0 heterocycles. The first-order valence-corrected chi connectivity index (χ1v) is 26.8. The third kappa shape index (κ3) is 45.9. The van der Waals surface area contributed by atoms with Crippen molar-refractivity contribution in [2.24, 2.45) is 0 Å². The fourth-order valence-corrected chi connectivity index (χ4v) is 7.67. The van der Waals surface area contributed by atoms with Gasteiger partial charge in [0.15, 0.2) is 0 Å². The summed E-state index contributed by atoms with van der Waals surface area (Å²) in [7, 11) is 1.54. The standard InChI is InChI=1S/C53H97N2O6P/c1-6-8-10-12-14-16-18-20-22-24-26-27-29-31-33-35-37-39-41-43-45-47-53(57)54-51(50-61-62(58,59)60-49-48-55(3,4)5)52(56)46-44-42-40-38-36-34-32-30-28-25-23-21-19-17-15-13-11-9-7-2/h8,10,14,16,20,22,26-27,36,38,44,46,51-52,56H,6-7,9,11-13,15,17-19,21,23-25,28-35,37,39-43,45,47-50H2,1-5H3,(H-,54,57,58,59)/p+1/b10-8-,16-14-,22-20-,27-26-,38-36+,46-44+. The molecule has 0 aliphatic heterocycles. The molecule has 0 aromatic heterocycles. The Morgan fingerprint density at radius 1 is 0.565 bits per heavy atom. The molecule has 9 heteroatoms. The lowest BCUT2D eigenvalue weighted by Crippen LogP contribution is -2.45. The highest BCUT2D eigenvalue weighted by atomic mass is 31.2. The van der Waals surface area contributed by atoms with Crippen molar-refractivity contribution in [1.82, 2.24) is 5.32 Å². The van der Waals surface area contributed by atoms with Gasteiger partial charge in [0.25, 0.3) is 0 Å². The Labute approximate surface area is 383 Å². The van der Waals surface area contributed by atoms with E-state index in [-0.39, 0.29) is 19.1 Å². The van der Waals surface area contributed by atoms with Crippen molar-refractivity contribution in [2.45, 2.75) is 219 Å². The van der Waals surface area contributed by atoms with Gasteiger partial charge in [-0.3, -0.25) is 13.8 Å². The minimum Gasteiger partial charge on any atom is -0.387 e. The van der Waals surface area contributed by atoms with Crippen LogP contribution in [0.5, 0.6) is 0 Å². The third-order valence-corrected chi connectivity index (χ3v) is 11.9. The van der Waals surface area contributed by atoms with E-state index in [1.165, 1.54) is 116 Å². The van der Waals surface area contributed by atoms with E-state index in [1.54, 1.807) is 6.08 Å². The van der Waals surface area contributed by atoms with E-state index in [9.17, 15) is 19.4 Å². The number of nitrogens with one attached hydrogen (secondary N) is 1. The number of phosphoric ester groups is 1. The predicted octanol–water partition coefficient (Wildman–Crippen LogP) is 14.8. The lowest BCUT2D eigenvalue weighted by molar-refractivity contribution is -0.870.